The van der Waals surface area contributed by atoms with Crippen LogP contribution in [-0.4, -0.2) is 19.9 Å². The van der Waals surface area contributed by atoms with E-state index in [1.807, 2.05) is 36.7 Å². The molecule has 0 radical (unpaired) electrons. The summed E-state index contributed by atoms with van der Waals surface area (Å²) in [5.74, 6) is 1.85. The van der Waals surface area contributed by atoms with E-state index >= 15 is 0 Å². The van der Waals surface area contributed by atoms with Crippen molar-refractivity contribution in [1.82, 2.24) is 19.9 Å². The predicted molar refractivity (Wildman–Crippen MR) is 226 cm³/mol. The Morgan fingerprint density at radius 3 is 1.11 bits per heavy atom. The van der Waals surface area contributed by atoms with Crippen LogP contribution in [0.1, 0.15) is 5.56 Å². The summed E-state index contributed by atoms with van der Waals surface area (Å²) in [6, 6.07) is 65.8. The SMILES string of the molecule is Cc1ccc(-c2cc(-c3cccc(-c4ccncc4)c3)cc(-c3nc(-c4ccc(-c5ccccc5)cc4)nc(-c4ccc(-c5ccccc5)cc4)n3)c2)cc1. The minimum absolute atomic E-state index is 0.611. The number of aryl methyl sites for hydroxylation is 1. The van der Waals surface area contributed by atoms with Crippen molar-refractivity contribution < 1.29 is 0 Å². The van der Waals surface area contributed by atoms with E-state index in [-0.39, 0.29) is 0 Å². The van der Waals surface area contributed by atoms with Gasteiger partial charge in [0.1, 0.15) is 0 Å². The summed E-state index contributed by atoms with van der Waals surface area (Å²) in [7, 11) is 0. The van der Waals surface area contributed by atoms with Crippen molar-refractivity contribution in [2.24, 2.45) is 0 Å². The van der Waals surface area contributed by atoms with Gasteiger partial charge in [-0.25, -0.2) is 15.0 Å². The van der Waals surface area contributed by atoms with Gasteiger partial charge in [-0.2, -0.15) is 0 Å². The number of benzene rings is 7. The maximum Gasteiger partial charge on any atom is 0.164 e. The molecule has 4 nitrogen and oxygen atoms in total. The molecule has 2 heterocycles. The second-order valence-corrected chi connectivity index (χ2v) is 13.7. The summed E-state index contributed by atoms with van der Waals surface area (Å²) < 4.78 is 0. The van der Waals surface area contributed by atoms with Crippen LogP contribution in [0, 0.1) is 6.92 Å². The Bertz CT molecular complexity index is 2610. The van der Waals surface area contributed by atoms with E-state index in [1.165, 1.54) is 5.56 Å². The normalized spacial score (nSPS) is 11.0. The van der Waals surface area contributed by atoms with E-state index in [4.69, 9.17) is 15.0 Å². The van der Waals surface area contributed by atoms with Gasteiger partial charge in [0.05, 0.1) is 0 Å². The van der Waals surface area contributed by atoms with Crippen LogP contribution in [0.4, 0.5) is 0 Å². The van der Waals surface area contributed by atoms with Crippen LogP contribution in [0.3, 0.4) is 0 Å². The molecule has 0 saturated heterocycles. The number of hydrogen-bond donors (Lipinski definition) is 0. The smallest absolute Gasteiger partial charge is 0.164 e. The molecule has 7 aromatic carbocycles. The van der Waals surface area contributed by atoms with Crippen molar-refractivity contribution >= 4 is 0 Å². The highest BCUT2D eigenvalue weighted by molar-refractivity contribution is 5.82. The van der Waals surface area contributed by atoms with E-state index < -0.39 is 0 Å². The van der Waals surface area contributed by atoms with Gasteiger partial charge in [-0.3, -0.25) is 4.98 Å². The molecule has 0 atom stereocenters. The molecule has 0 N–H and O–H groups in total. The molecule has 0 bridgehead atoms. The van der Waals surface area contributed by atoms with E-state index in [1.54, 1.807) is 0 Å². The number of nitrogens with zero attached hydrogens (tertiary/aromatic N) is 4. The quantitative estimate of drug-likeness (QED) is 0.158. The average Bonchev–Trinajstić information content (AvgIpc) is 3.27. The summed E-state index contributed by atoms with van der Waals surface area (Å²) in [6.07, 6.45) is 3.66. The van der Waals surface area contributed by atoms with Crippen molar-refractivity contribution in [3.05, 3.63) is 206 Å². The first-order valence-corrected chi connectivity index (χ1v) is 18.4. The molecule has 260 valence electrons. The Kier molecular flexibility index (Phi) is 9.13. The molecule has 9 rings (SSSR count). The molecule has 4 heteroatoms. The standard InChI is InChI=1S/C51H36N4/c1-35-15-17-40(18-16-35)46-32-47(45-14-8-13-44(31-45)41-27-29-52-30-28-41)34-48(33-46)51-54-49(42-23-19-38(20-24-42)36-9-4-2-5-10-36)53-50(55-51)43-25-21-39(22-26-43)37-11-6-3-7-12-37/h2-34H,1H3. The lowest BCUT2D eigenvalue weighted by atomic mass is 9.94. The first-order chi connectivity index (χ1) is 27.1. The predicted octanol–water partition coefficient (Wildman–Crippen LogP) is 12.9. The topological polar surface area (TPSA) is 51.6 Å². The fourth-order valence-corrected chi connectivity index (χ4v) is 6.91. The average molecular weight is 705 g/mol. The van der Waals surface area contributed by atoms with Crippen molar-refractivity contribution in [3.63, 3.8) is 0 Å². The summed E-state index contributed by atoms with van der Waals surface area (Å²) >= 11 is 0. The molecule has 55 heavy (non-hydrogen) atoms. The lowest BCUT2D eigenvalue weighted by Crippen LogP contribution is -2.01. The monoisotopic (exact) mass is 704 g/mol. The Morgan fingerprint density at radius 1 is 0.255 bits per heavy atom. The third-order valence-electron chi connectivity index (χ3n) is 9.92. The summed E-state index contributed by atoms with van der Waals surface area (Å²) in [5, 5.41) is 0. The highest BCUT2D eigenvalue weighted by Gasteiger charge is 2.16. The summed E-state index contributed by atoms with van der Waals surface area (Å²) in [5.41, 5.74) is 15.2. The number of rotatable bonds is 8. The van der Waals surface area contributed by atoms with Crippen LogP contribution >= 0.6 is 0 Å². The minimum Gasteiger partial charge on any atom is -0.265 e. The Morgan fingerprint density at radius 2 is 0.582 bits per heavy atom. The van der Waals surface area contributed by atoms with Crippen LogP contribution in [0.5, 0.6) is 0 Å². The lowest BCUT2D eigenvalue weighted by molar-refractivity contribution is 1.07. The van der Waals surface area contributed by atoms with Gasteiger partial charge in [0.15, 0.2) is 17.5 Å². The second-order valence-electron chi connectivity index (χ2n) is 13.7. The first kappa shape index (κ1) is 33.5. The second kappa shape index (κ2) is 15.0. The van der Waals surface area contributed by atoms with Crippen LogP contribution in [-0.2, 0) is 0 Å². The Hall–Kier alpha value is -7.30. The van der Waals surface area contributed by atoms with Gasteiger partial charge in [-0.15, -0.1) is 0 Å². The third-order valence-corrected chi connectivity index (χ3v) is 9.92. The summed E-state index contributed by atoms with van der Waals surface area (Å²) in [4.78, 5) is 19.7. The van der Waals surface area contributed by atoms with Gasteiger partial charge in [-0.1, -0.05) is 157 Å². The Balaban J connectivity index is 1.20. The number of pyridine rings is 1. The van der Waals surface area contributed by atoms with Crippen LogP contribution < -0.4 is 0 Å². The lowest BCUT2D eigenvalue weighted by Gasteiger charge is -2.13. The zero-order chi connectivity index (χ0) is 37.0. The van der Waals surface area contributed by atoms with Crippen molar-refractivity contribution in [2.75, 3.05) is 0 Å². The van der Waals surface area contributed by atoms with E-state index in [0.29, 0.717) is 17.5 Å². The van der Waals surface area contributed by atoms with Gasteiger partial charge in [0.25, 0.3) is 0 Å². The highest BCUT2D eigenvalue weighted by atomic mass is 15.0. The molecule has 0 fully saturated rings. The molecule has 0 aliphatic carbocycles. The molecule has 9 aromatic rings. The molecule has 0 aliphatic heterocycles. The van der Waals surface area contributed by atoms with Crippen molar-refractivity contribution in [3.8, 4) is 89.8 Å². The van der Waals surface area contributed by atoms with Gasteiger partial charge < -0.3 is 0 Å². The van der Waals surface area contributed by atoms with Crippen LogP contribution in [0.15, 0.2) is 200 Å². The minimum atomic E-state index is 0.611. The van der Waals surface area contributed by atoms with Gasteiger partial charge in [-0.05, 0) is 99.0 Å². The summed E-state index contributed by atoms with van der Waals surface area (Å²) in [6.45, 7) is 2.11. The number of aromatic nitrogens is 4. The number of hydrogen-bond acceptors (Lipinski definition) is 4. The maximum absolute atomic E-state index is 5.19. The molecule has 0 amide bonds. The zero-order valence-corrected chi connectivity index (χ0v) is 30.3. The molecular weight excluding hydrogens is 669 g/mol. The van der Waals surface area contributed by atoms with Gasteiger partial charge in [0, 0.05) is 29.1 Å². The van der Waals surface area contributed by atoms with Crippen LogP contribution in [0.25, 0.3) is 89.8 Å². The maximum atomic E-state index is 5.19. The third kappa shape index (κ3) is 7.35. The zero-order valence-electron chi connectivity index (χ0n) is 30.3. The molecule has 0 unspecified atom stereocenters. The van der Waals surface area contributed by atoms with Crippen molar-refractivity contribution in [1.29, 1.82) is 0 Å². The highest BCUT2D eigenvalue weighted by Crippen LogP contribution is 2.35. The fraction of sp³-hybridized carbons (Fsp3) is 0.0196. The molecule has 0 spiro atoms. The van der Waals surface area contributed by atoms with E-state index in [2.05, 4.69) is 176 Å². The molecular formula is C51H36N4. The Labute approximate surface area is 321 Å². The molecule has 0 aliphatic rings. The molecule has 0 saturated carbocycles. The fourth-order valence-electron chi connectivity index (χ4n) is 6.91. The van der Waals surface area contributed by atoms with Crippen LogP contribution in [0.2, 0.25) is 0 Å². The van der Waals surface area contributed by atoms with E-state index in [9.17, 15) is 0 Å². The van der Waals surface area contributed by atoms with Crippen molar-refractivity contribution in [2.45, 2.75) is 6.92 Å². The van der Waals surface area contributed by atoms with Gasteiger partial charge >= 0.3 is 0 Å². The van der Waals surface area contributed by atoms with E-state index in [0.717, 1.165) is 72.3 Å². The largest absolute Gasteiger partial charge is 0.265 e. The first-order valence-electron chi connectivity index (χ1n) is 18.4. The van der Waals surface area contributed by atoms with Gasteiger partial charge in [0.2, 0.25) is 0 Å². The molecule has 2 aromatic heterocycles.